The Balaban J connectivity index is 2.28. The molecular weight excluding hydrogens is 717 g/mol. The van der Waals surface area contributed by atoms with E-state index in [-0.39, 0.29) is 32.0 Å². The Morgan fingerprint density at radius 3 is 1.75 bits per heavy atom. The molecule has 11 heteroatoms. The molecule has 322 valence electrons. The van der Waals surface area contributed by atoms with Crippen molar-refractivity contribution in [1.29, 1.82) is 0 Å². The van der Waals surface area contributed by atoms with Crippen molar-refractivity contribution in [2.24, 2.45) is 0 Å². The van der Waals surface area contributed by atoms with E-state index in [1.54, 1.807) is 0 Å². The van der Waals surface area contributed by atoms with Crippen LogP contribution in [-0.2, 0) is 37.4 Å². The van der Waals surface area contributed by atoms with Gasteiger partial charge in [0, 0.05) is 12.8 Å². The molecule has 3 unspecified atom stereocenters. The summed E-state index contributed by atoms with van der Waals surface area (Å²) in [6.45, 7) is 4.35. The smallest absolute Gasteiger partial charge is 0.462 e. The SMILES string of the molecule is CCCCCCCC/C=C\CCCCCCCC(=O)OC[C@H](COP(=O)(O)OCC[N+](C)(C)C)OC(=O)CCCCCCC/C=C\CC1OC1CCCCC. The van der Waals surface area contributed by atoms with Crippen LogP contribution in [0, 0.1) is 0 Å². The van der Waals surface area contributed by atoms with Crippen LogP contribution in [-0.4, -0.2) is 87.1 Å². The zero-order chi connectivity index (χ0) is 40.5. The minimum atomic E-state index is -4.38. The van der Waals surface area contributed by atoms with Crippen LogP contribution in [0.15, 0.2) is 24.3 Å². The van der Waals surface area contributed by atoms with Crippen LogP contribution in [0.3, 0.4) is 0 Å². The number of hydrogen-bond acceptors (Lipinski definition) is 8. The molecule has 55 heavy (non-hydrogen) atoms. The van der Waals surface area contributed by atoms with Crippen LogP contribution < -0.4 is 0 Å². The third kappa shape index (κ3) is 34.2. The van der Waals surface area contributed by atoms with Crippen molar-refractivity contribution in [1.82, 2.24) is 0 Å². The standard InChI is InChI=1S/C44H82NO9P/c1-6-8-10-11-12-13-14-15-16-17-18-19-23-26-30-34-43(46)50-38-40(39-52-55(48,49)51-37-36-45(3,4)5)53-44(47)35-31-27-24-21-20-22-25-29-33-42-41(54-42)32-28-9-7-2/h15-16,25,29,40-42H,6-14,17-24,26-28,30-39H2,1-5H3/p+1/b16-15-,29-25-/t40-,41?,42?/m1/s1. The molecule has 1 heterocycles. The van der Waals surface area contributed by atoms with E-state index >= 15 is 0 Å². The Labute approximate surface area is 336 Å². The first-order valence-electron chi connectivity index (χ1n) is 22.2. The summed E-state index contributed by atoms with van der Waals surface area (Å²) in [6.07, 6.45) is 36.7. The van der Waals surface area contributed by atoms with Crippen molar-refractivity contribution in [2.45, 2.75) is 199 Å². The Morgan fingerprint density at radius 2 is 1.16 bits per heavy atom. The molecule has 0 aliphatic carbocycles. The molecule has 10 nitrogen and oxygen atoms in total. The summed E-state index contributed by atoms with van der Waals surface area (Å²) in [5, 5.41) is 0. The summed E-state index contributed by atoms with van der Waals surface area (Å²) in [4.78, 5) is 35.4. The van der Waals surface area contributed by atoms with Crippen molar-refractivity contribution in [3.05, 3.63) is 24.3 Å². The summed E-state index contributed by atoms with van der Waals surface area (Å²) in [5.41, 5.74) is 0. The molecule has 1 aliphatic rings. The number of hydrogen-bond donors (Lipinski definition) is 1. The number of nitrogens with zero attached hydrogens (tertiary/aromatic N) is 1. The van der Waals surface area contributed by atoms with Crippen molar-refractivity contribution in [3.63, 3.8) is 0 Å². The summed E-state index contributed by atoms with van der Waals surface area (Å²) in [5.74, 6) is -0.828. The fourth-order valence-electron chi connectivity index (χ4n) is 6.25. The highest BCUT2D eigenvalue weighted by molar-refractivity contribution is 7.47. The molecule has 1 saturated heterocycles. The van der Waals surface area contributed by atoms with Gasteiger partial charge < -0.3 is 23.6 Å². The molecule has 0 amide bonds. The van der Waals surface area contributed by atoms with E-state index in [9.17, 15) is 19.0 Å². The van der Waals surface area contributed by atoms with Crippen LogP contribution in [0.4, 0.5) is 0 Å². The van der Waals surface area contributed by atoms with Gasteiger partial charge in [0.1, 0.15) is 19.8 Å². The quantitative estimate of drug-likeness (QED) is 0.0162. The first kappa shape index (κ1) is 51.5. The Kier molecular flexibility index (Phi) is 31.3. The Morgan fingerprint density at radius 1 is 0.655 bits per heavy atom. The highest BCUT2D eigenvalue weighted by Gasteiger charge is 2.36. The first-order valence-corrected chi connectivity index (χ1v) is 23.7. The molecule has 4 atom stereocenters. The van der Waals surface area contributed by atoms with E-state index in [2.05, 4.69) is 38.2 Å². The zero-order valence-electron chi connectivity index (χ0n) is 35.9. The summed E-state index contributed by atoms with van der Waals surface area (Å²) in [6, 6.07) is 0. The molecule has 0 radical (unpaired) electrons. The number of carbonyl (C=O) groups is 2. The van der Waals surface area contributed by atoms with Crippen molar-refractivity contribution in [3.8, 4) is 0 Å². The lowest BCUT2D eigenvalue weighted by molar-refractivity contribution is -0.870. The molecule has 0 spiro atoms. The van der Waals surface area contributed by atoms with Crippen LogP contribution in [0.1, 0.15) is 181 Å². The molecule has 0 saturated carbocycles. The van der Waals surface area contributed by atoms with Crippen LogP contribution in [0.5, 0.6) is 0 Å². The van der Waals surface area contributed by atoms with Gasteiger partial charge in [-0.15, -0.1) is 0 Å². The molecule has 0 aromatic rings. The van der Waals surface area contributed by atoms with Gasteiger partial charge in [-0.3, -0.25) is 18.6 Å². The number of phosphoric ester groups is 1. The van der Waals surface area contributed by atoms with E-state index < -0.39 is 26.5 Å². The van der Waals surface area contributed by atoms with Gasteiger partial charge in [-0.2, -0.15) is 0 Å². The number of quaternary nitrogens is 1. The third-order valence-corrected chi connectivity index (χ3v) is 10.9. The maximum absolute atomic E-state index is 12.7. The second kappa shape index (κ2) is 33.4. The van der Waals surface area contributed by atoms with Crippen molar-refractivity contribution in [2.75, 3.05) is 47.5 Å². The van der Waals surface area contributed by atoms with E-state index in [4.69, 9.17) is 23.3 Å². The average molecular weight is 801 g/mol. The zero-order valence-corrected chi connectivity index (χ0v) is 36.8. The molecule has 1 fully saturated rings. The third-order valence-electron chi connectivity index (χ3n) is 9.88. The molecular formula is C44H83NO9P+. The number of allylic oxidation sites excluding steroid dienone is 3. The number of likely N-dealkylation sites (N-methyl/N-ethyl adjacent to an activating group) is 1. The molecule has 0 aromatic carbocycles. The molecule has 1 N–H and O–H groups in total. The largest absolute Gasteiger partial charge is 0.472 e. The molecule has 1 rings (SSSR count). The minimum absolute atomic E-state index is 0.0258. The number of ether oxygens (including phenoxy) is 3. The fourth-order valence-corrected chi connectivity index (χ4v) is 6.99. The number of unbranched alkanes of at least 4 members (excludes halogenated alkanes) is 18. The van der Waals surface area contributed by atoms with Crippen molar-refractivity contribution < 1.29 is 46.8 Å². The monoisotopic (exact) mass is 801 g/mol. The van der Waals surface area contributed by atoms with Gasteiger partial charge in [-0.1, -0.05) is 128 Å². The number of rotatable bonds is 39. The maximum Gasteiger partial charge on any atom is 0.472 e. The topological polar surface area (TPSA) is 121 Å². The van der Waals surface area contributed by atoms with Gasteiger partial charge in [0.25, 0.3) is 0 Å². The normalized spacial score (nSPS) is 17.5. The number of esters is 2. The first-order chi connectivity index (χ1) is 26.5. The van der Waals surface area contributed by atoms with E-state index in [1.165, 1.54) is 70.6 Å². The lowest BCUT2D eigenvalue weighted by Crippen LogP contribution is -2.37. The molecule has 1 aliphatic heterocycles. The van der Waals surface area contributed by atoms with Crippen LogP contribution in [0.2, 0.25) is 0 Å². The number of phosphoric acid groups is 1. The van der Waals surface area contributed by atoms with Gasteiger partial charge in [0.2, 0.25) is 0 Å². The van der Waals surface area contributed by atoms with Crippen LogP contribution in [0.25, 0.3) is 0 Å². The fraction of sp³-hybridized carbons (Fsp3) is 0.864. The average Bonchev–Trinajstić information content (AvgIpc) is 3.89. The highest BCUT2D eigenvalue weighted by atomic mass is 31.2. The Hall–Kier alpha value is -1.55. The second-order valence-electron chi connectivity index (χ2n) is 16.5. The highest BCUT2D eigenvalue weighted by Crippen LogP contribution is 2.43. The van der Waals surface area contributed by atoms with Gasteiger partial charge in [-0.25, -0.2) is 4.57 Å². The summed E-state index contributed by atoms with van der Waals surface area (Å²) in [7, 11) is 1.46. The number of epoxide rings is 1. The van der Waals surface area contributed by atoms with Gasteiger partial charge >= 0.3 is 19.8 Å². The van der Waals surface area contributed by atoms with E-state index in [0.29, 0.717) is 29.7 Å². The van der Waals surface area contributed by atoms with E-state index in [1.807, 2.05) is 21.1 Å². The minimum Gasteiger partial charge on any atom is -0.462 e. The summed E-state index contributed by atoms with van der Waals surface area (Å²) >= 11 is 0. The van der Waals surface area contributed by atoms with Crippen LogP contribution >= 0.6 is 7.82 Å². The summed E-state index contributed by atoms with van der Waals surface area (Å²) < 4.78 is 40.0. The second-order valence-corrected chi connectivity index (χ2v) is 17.9. The van der Waals surface area contributed by atoms with Crippen molar-refractivity contribution >= 4 is 19.8 Å². The predicted molar refractivity (Wildman–Crippen MR) is 224 cm³/mol. The van der Waals surface area contributed by atoms with Gasteiger partial charge in [0.15, 0.2) is 6.10 Å². The molecule has 0 aromatic heterocycles. The van der Waals surface area contributed by atoms with Gasteiger partial charge in [-0.05, 0) is 64.2 Å². The Bertz CT molecular complexity index is 1060. The predicted octanol–water partition coefficient (Wildman–Crippen LogP) is 11.3. The molecule has 0 bridgehead atoms. The van der Waals surface area contributed by atoms with E-state index in [0.717, 1.165) is 77.0 Å². The lowest BCUT2D eigenvalue weighted by Gasteiger charge is -2.24. The lowest BCUT2D eigenvalue weighted by atomic mass is 10.1. The number of carbonyl (C=O) groups excluding carboxylic acids is 2. The van der Waals surface area contributed by atoms with Gasteiger partial charge in [0.05, 0.1) is 40.0 Å². The maximum atomic E-state index is 12.7.